The fourth-order valence-corrected chi connectivity index (χ4v) is 7.69. The Labute approximate surface area is 133 Å². The number of hydrogen-bond donors (Lipinski definition) is 0. The van der Waals surface area contributed by atoms with Crippen molar-refractivity contribution in [3.63, 3.8) is 0 Å². The topological polar surface area (TPSA) is 32.7 Å². The molecule has 119 valence electrons. The number of nitrogens with zero attached hydrogens (tertiary/aromatic N) is 4. The van der Waals surface area contributed by atoms with E-state index in [-0.39, 0.29) is 11.1 Å². The lowest BCUT2D eigenvalue weighted by atomic mass is 9.55. The van der Waals surface area contributed by atoms with E-state index in [0.29, 0.717) is 24.2 Å². The monoisotopic (exact) mass is 300 g/mol. The standard InChI is InChI=1S/C18H28N4/c1-17(2,3)21-15-9-7-8-10(9)16-12(15)11(13(7)19-21)14(8)20-22(16)18(4,5)6/h7-16H,1-6H3/q+1/t7?,8?,9?,10?,11-,12-,13+,14-,15-,16+. The van der Waals surface area contributed by atoms with Crippen molar-refractivity contribution in [3.05, 3.63) is 0 Å². The highest BCUT2D eigenvalue weighted by molar-refractivity contribution is 5.34. The zero-order valence-corrected chi connectivity index (χ0v) is 14.6. The van der Waals surface area contributed by atoms with E-state index in [1.807, 2.05) is 0 Å². The van der Waals surface area contributed by atoms with Crippen LogP contribution < -0.4 is 5.43 Å². The minimum Gasteiger partial charge on any atom is -0.217 e. The summed E-state index contributed by atoms with van der Waals surface area (Å²) in [6.45, 7) is 14.1. The highest BCUT2D eigenvalue weighted by Crippen LogP contribution is 2.78. The SMILES string of the molecule is CC(C)(C)N1[N][C@H]2C3C4C5C3[C@@H]1[C@H]1[C@H]2[C@@H]4N=[N+](C(C)(C)C)[C@@H]51. The van der Waals surface area contributed by atoms with Crippen molar-refractivity contribution in [2.45, 2.75) is 76.8 Å². The van der Waals surface area contributed by atoms with Gasteiger partial charge in [0.25, 0.3) is 0 Å². The van der Waals surface area contributed by atoms with Gasteiger partial charge in [0.05, 0.1) is 6.04 Å². The van der Waals surface area contributed by atoms with Gasteiger partial charge in [0.1, 0.15) is 6.04 Å². The van der Waals surface area contributed by atoms with Crippen LogP contribution in [0.25, 0.3) is 0 Å². The Bertz CT molecular complexity index is 612. The molecule has 0 aromatic carbocycles. The van der Waals surface area contributed by atoms with E-state index in [2.05, 4.69) is 51.2 Å². The van der Waals surface area contributed by atoms with E-state index in [0.717, 1.165) is 35.5 Å². The number of hydrogen-bond acceptors (Lipinski definition) is 2. The third-order valence-electron chi connectivity index (χ3n) is 7.83. The van der Waals surface area contributed by atoms with Gasteiger partial charge >= 0.3 is 0 Å². The van der Waals surface area contributed by atoms with Crippen LogP contribution in [-0.2, 0) is 0 Å². The van der Waals surface area contributed by atoms with Crippen LogP contribution in [0.1, 0.15) is 41.5 Å². The zero-order chi connectivity index (χ0) is 15.3. The smallest absolute Gasteiger partial charge is 0.186 e. The molecule has 2 saturated heterocycles. The van der Waals surface area contributed by atoms with Crippen LogP contribution in [0.5, 0.6) is 0 Å². The van der Waals surface area contributed by atoms with E-state index in [1.54, 1.807) is 0 Å². The van der Waals surface area contributed by atoms with E-state index in [1.165, 1.54) is 0 Å². The third kappa shape index (κ3) is 1.06. The Hall–Kier alpha value is -0.480. The van der Waals surface area contributed by atoms with Gasteiger partial charge in [-0.2, -0.15) is 5.43 Å². The van der Waals surface area contributed by atoms with Crippen LogP contribution >= 0.6 is 0 Å². The predicted octanol–water partition coefficient (Wildman–Crippen LogP) is 2.12. The minimum atomic E-state index is 0.171. The van der Waals surface area contributed by atoms with Gasteiger partial charge in [-0.15, -0.1) is 4.70 Å². The largest absolute Gasteiger partial charge is 0.217 e. The first-order valence-corrected chi connectivity index (χ1v) is 9.21. The second-order valence-corrected chi connectivity index (χ2v) is 10.7. The fraction of sp³-hybridized carbons (Fsp3) is 1.00. The average Bonchev–Trinajstić information content (AvgIpc) is 2.73. The summed E-state index contributed by atoms with van der Waals surface area (Å²) in [5.74, 6) is 5.21. The molecule has 4 heteroatoms. The van der Waals surface area contributed by atoms with Crippen molar-refractivity contribution in [1.29, 1.82) is 0 Å². The van der Waals surface area contributed by atoms with Crippen molar-refractivity contribution in [3.8, 4) is 0 Å². The molecule has 9 rings (SSSR count). The molecular weight excluding hydrogens is 272 g/mol. The van der Waals surface area contributed by atoms with Gasteiger partial charge in [-0.3, -0.25) is 0 Å². The summed E-state index contributed by atoms with van der Waals surface area (Å²) in [5, 5.41) is 7.80. The van der Waals surface area contributed by atoms with Crippen LogP contribution in [0.4, 0.5) is 0 Å². The van der Waals surface area contributed by atoms with Gasteiger partial charge in [0.2, 0.25) is 0 Å². The molecule has 10 bridgehead atoms. The molecule has 0 spiro atoms. The van der Waals surface area contributed by atoms with E-state index < -0.39 is 0 Å². The lowest BCUT2D eigenvalue weighted by Crippen LogP contribution is -2.72. The maximum absolute atomic E-state index is 5.26. The summed E-state index contributed by atoms with van der Waals surface area (Å²) in [6, 6.07) is 2.61. The molecule has 22 heavy (non-hydrogen) atoms. The molecule has 10 atom stereocenters. The van der Waals surface area contributed by atoms with Gasteiger partial charge in [0.15, 0.2) is 11.6 Å². The van der Waals surface area contributed by atoms with Crippen molar-refractivity contribution >= 4 is 0 Å². The molecule has 4 unspecified atom stereocenters. The summed E-state index contributed by atoms with van der Waals surface area (Å²) in [6.07, 6.45) is 0. The van der Waals surface area contributed by atoms with Gasteiger partial charge < -0.3 is 0 Å². The molecule has 4 heterocycles. The highest BCUT2D eigenvalue weighted by Gasteiger charge is 2.89. The van der Waals surface area contributed by atoms with Crippen molar-refractivity contribution in [2.24, 2.45) is 40.6 Å². The summed E-state index contributed by atoms with van der Waals surface area (Å²) in [5.41, 5.74) is 5.61. The molecule has 5 aliphatic carbocycles. The Morgan fingerprint density at radius 2 is 1.45 bits per heavy atom. The first-order chi connectivity index (χ1) is 10.2. The second kappa shape index (κ2) is 3.19. The van der Waals surface area contributed by atoms with Crippen LogP contribution in [0, 0.1) is 35.5 Å². The minimum absolute atomic E-state index is 0.171. The lowest BCUT2D eigenvalue weighted by Gasteiger charge is -2.59. The molecule has 4 nitrogen and oxygen atoms in total. The molecule has 0 amide bonds. The molecule has 0 aromatic heterocycles. The van der Waals surface area contributed by atoms with E-state index >= 15 is 0 Å². The predicted molar refractivity (Wildman–Crippen MR) is 82.3 cm³/mol. The first kappa shape index (κ1) is 12.9. The van der Waals surface area contributed by atoms with Gasteiger partial charge in [-0.05, 0) is 37.7 Å². The Kier molecular flexibility index (Phi) is 1.87. The number of rotatable bonds is 0. The van der Waals surface area contributed by atoms with E-state index in [4.69, 9.17) is 10.5 Å². The maximum atomic E-state index is 5.26. The molecule has 4 aliphatic heterocycles. The summed E-state index contributed by atoms with van der Waals surface area (Å²) >= 11 is 0. The molecule has 7 fully saturated rings. The Morgan fingerprint density at radius 1 is 0.773 bits per heavy atom. The number of azo groups is 2. The molecule has 0 aromatic rings. The Balaban J connectivity index is 1.53. The number of fused-ring (bicyclic) bond motifs is 1. The quantitative estimate of drug-likeness (QED) is 0.631. The molecule has 5 saturated carbocycles. The van der Waals surface area contributed by atoms with E-state index in [9.17, 15) is 0 Å². The van der Waals surface area contributed by atoms with Crippen molar-refractivity contribution in [2.75, 3.05) is 0 Å². The molecule has 1 radical (unpaired) electrons. The summed E-state index contributed by atoms with van der Waals surface area (Å²) in [7, 11) is 0. The summed E-state index contributed by atoms with van der Waals surface area (Å²) in [4.78, 5) is 0. The van der Waals surface area contributed by atoms with Gasteiger partial charge in [-0.25, -0.2) is 5.01 Å². The molecule has 9 aliphatic rings. The highest BCUT2D eigenvalue weighted by atomic mass is 15.6. The van der Waals surface area contributed by atoms with Crippen molar-refractivity contribution < 1.29 is 4.70 Å². The first-order valence-electron chi connectivity index (χ1n) is 9.21. The molecule has 0 N–H and O–H groups in total. The normalized spacial score (nSPS) is 60.2. The lowest BCUT2D eigenvalue weighted by molar-refractivity contribution is -0.718. The van der Waals surface area contributed by atoms with Crippen molar-refractivity contribution in [1.82, 2.24) is 10.4 Å². The van der Waals surface area contributed by atoms with Crippen LogP contribution in [0.3, 0.4) is 0 Å². The van der Waals surface area contributed by atoms with Gasteiger partial charge in [0, 0.05) is 56.0 Å². The molecular formula is C18H28N4+. The fourth-order valence-electron chi connectivity index (χ4n) is 7.69. The average molecular weight is 300 g/mol. The van der Waals surface area contributed by atoms with Crippen LogP contribution in [-0.4, -0.2) is 45.0 Å². The van der Waals surface area contributed by atoms with Crippen LogP contribution in [0.2, 0.25) is 0 Å². The van der Waals surface area contributed by atoms with Crippen LogP contribution in [0.15, 0.2) is 5.11 Å². The zero-order valence-electron chi connectivity index (χ0n) is 14.6. The Morgan fingerprint density at radius 3 is 2.09 bits per heavy atom. The third-order valence-corrected chi connectivity index (χ3v) is 7.83. The van der Waals surface area contributed by atoms with Gasteiger partial charge in [-0.1, -0.05) is 0 Å². The maximum Gasteiger partial charge on any atom is 0.186 e. The summed E-state index contributed by atoms with van der Waals surface area (Å²) < 4.78 is 2.54. The second-order valence-electron chi connectivity index (χ2n) is 10.7.